The minimum absolute atomic E-state index is 0.0914. The summed E-state index contributed by atoms with van der Waals surface area (Å²) in [6, 6.07) is 15.5. The van der Waals surface area contributed by atoms with Crippen LogP contribution in [0.1, 0.15) is 13.8 Å². The number of hydrogen-bond donors (Lipinski definition) is 1. The number of aromatic nitrogens is 3. The second kappa shape index (κ2) is 10.8. The summed E-state index contributed by atoms with van der Waals surface area (Å²) >= 11 is 0. The molecule has 1 heterocycles. The van der Waals surface area contributed by atoms with Gasteiger partial charge in [-0.15, -0.1) is 9.36 Å². The summed E-state index contributed by atoms with van der Waals surface area (Å²) in [5.74, 6) is 9.50. The first-order chi connectivity index (χ1) is 14.7. The van der Waals surface area contributed by atoms with Gasteiger partial charge in [0, 0.05) is 5.10 Å². The van der Waals surface area contributed by atoms with Crippen molar-refractivity contribution in [2.75, 3.05) is 26.7 Å². The number of nitrogens with two attached hydrogens (primary N) is 1. The third-order valence-electron chi connectivity index (χ3n) is 4.17. The van der Waals surface area contributed by atoms with Crippen molar-refractivity contribution in [3.8, 4) is 34.3 Å². The molecule has 0 fully saturated rings. The fourth-order valence-corrected chi connectivity index (χ4v) is 3.05. The summed E-state index contributed by atoms with van der Waals surface area (Å²) < 4.78 is 45.9. The lowest BCUT2D eigenvalue weighted by Gasteiger charge is -2.02. The molecular weight excluding hydrogens is 424 g/mol. The summed E-state index contributed by atoms with van der Waals surface area (Å²) in [4.78, 5) is 0. The molecule has 0 aliphatic rings. The molecule has 2 aromatic carbocycles. The molecule has 168 valence electrons. The second-order valence-corrected chi connectivity index (χ2v) is 7.16. The average molecular weight is 451 g/mol. The van der Waals surface area contributed by atoms with E-state index in [4.69, 9.17) is 15.3 Å². The van der Waals surface area contributed by atoms with Crippen molar-refractivity contribution in [3.05, 3.63) is 48.5 Å². The molecule has 0 bridgehead atoms. The van der Waals surface area contributed by atoms with Crippen LogP contribution in [0.25, 0.3) is 22.8 Å². The highest BCUT2D eigenvalue weighted by molar-refractivity contribution is 7.80. The summed E-state index contributed by atoms with van der Waals surface area (Å²) in [7, 11) is -1.13. The maximum atomic E-state index is 9.45. The van der Waals surface area contributed by atoms with Crippen LogP contribution in [0, 0.1) is 0 Å². The van der Waals surface area contributed by atoms with Gasteiger partial charge < -0.3 is 14.0 Å². The number of methoxy groups -OCH3 is 2. The molecule has 0 unspecified atom stereocenters. The van der Waals surface area contributed by atoms with E-state index in [0.717, 1.165) is 28.5 Å². The Kier molecular flexibility index (Phi) is 8.37. The van der Waals surface area contributed by atoms with Gasteiger partial charge in [0.25, 0.3) is 5.82 Å². The van der Waals surface area contributed by atoms with Crippen LogP contribution in [-0.4, -0.2) is 43.6 Å². The number of ether oxygens (including phenoxy) is 2. The van der Waals surface area contributed by atoms with Crippen molar-refractivity contribution in [2.24, 2.45) is 0 Å². The van der Waals surface area contributed by atoms with Crippen LogP contribution in [0.5, 0.6) is 11.5 Å². The molecule has 0 aliphatic carbocycles. The summed E-state index contributed by atoms with van der Waals surface area (Å²) in [5.41, 5.74) is 1.91. The standard InChI is InChI=1S/C18H21N4O2.C2H6O4S/c1-4-21-18(14-7-11-16(24-3)12-8-14)22(19)17(20-21)13-5-9-15(23-2)10-6-13;1-2-6-7(3,4)5/h5-12H,4,19H2,1-3H3;2H2,1H3,(H,3,4,5)/q+1;/p-1. The van der Waals surface area contributed by atoms with Gasteiger partial charge in [0.2, 0.25) is 10.4 Å². The smallest absolute Gasteiger partial charge is 0.330 e. The first-order valence-electron chi connectivity index (χ1n) is 9.41. The quantitative estimate of drug-likeness (QED) is 0.249. The van der Waals surface area contributed by atoms with Gasteiger partial charge in [-0.05, 0) is 62.4 Å². The predicted octanol–water partition coefficient (Wildman–Crippen LogP) is 1.74. The van der Waals surface area contributed by atoms with E-state index in [-0.39, 0.29) is 6.61 Å². The first kappa shape index (κ1) is 24.1. The molecule has 0 aliphatic heterocycles. The Morgan fingerprint density at radius 1 is 0.968 bits per heavy atom. The minimum Gasteiger partial charge on any atom is -0.726 e. The molecule has 31 heavy (non-hydrogen) atoms. The highest BCUT2D eigenvalue weighted by atomic mass is 32.3. The largest absolute Gasteiger partial charge is 0.726 e. The molecule has 0 spiro atoms. The van der Waals surface area contributed by atoms with Gasteiger partial charge in [0.1, 0.15) is 18.0 Å². The van der Waals surface area contributed by atoms with Crippen LogP contribution in [0.4, 0.5) is 0 Å². The van der Waals surface area contributed by atoms with Gasteiger partial charge in [-0.25, -0.2) is 8.42 Å². The summed E-state index contributed by atoms with van der Waals surface area (Å²) in [6.07, 6.45) is 0. The van der Waals surface area contributed by atoms with E-state index in [9.17, 15) is 13.0 Å². The van der Waals surface area contributed by atoms with E-state index in [2.05, 4.69) is 9.28 Å². The zero-order valence-corrected chi connectivity index (χ0v) is 18.6. The van der Waals surface area contributed by atoms with Crippen LogP contribution >= 0.6 is 0 Å². The van der Waals surface area contributed by atoms with E-state index >= 15 is 0 Å². The highest BCUT2D eigenvalue weighted by Crippen LogP contribution is 2.23. The number of rotatable bonds is 7. The fourth-order valence-electron chi connectivity index (χ4n) is 2.76. The van der Waals surface area contributed by atoms with E-state index in [1.54, 1.807) is 18.9 Å². The fraction of sp³-hybridized carbons (Fsp3) is 0.300. The Bertz CT molecular complexity index is 1080. The number of aryl methyl sites for hydroxylation is 1. The number of hydrogen-bond acceptors (Lipinski definition) is 8. The van der Waals surface area contributed by atoms with Crippen LogP contribution in [0.3, 0.4) is 0 Å². The number of nitrogens with zero attached hydrogens (tertiary/aromatic N) is 3. The molecule has 11 heteroatoms. The molecule has 0 saturated carbocycles. The third kappa shape index (κ3) is 6.41. The van der Waals surface area contributed by atoms with Gasteiger partial charge in [-0.2, -0.15) is 0 Å². The SMILES string of the molecule is CCOS(=O)(=O)[O-].CCn1nc(-c2ccc(OC)cc2)[n+](N)c1-c1ccc(OC)cc1. The monoisotopic (exact) mass is 450 g/mol. The van der Waals surface area contributed by atoms with Crippen molar-refractivity contribution in [1.82, 2.24) is 9.78 Å². The van der Waals surface area contributed by atoms with Crippen molar-refractivity contribution in [2.45, 2.75) is 20.4 Å². The van der Waals surface area contributed by atoms with E-state index in [1.165, 1.54) is 6.92 Å². The van der Waals surface area contributed by atoms with Crippen molar-refractivity contribution in [1.29, 1.82) is 0 Å². The molecule has 2 N–H and O–H groups in total. The van der Waals surface area contributed by atoms with E-state index in [0.29, 0.717) is 12.4 Å². The maximum absolute atomic E-state index is 9.45. The molecule has 1 aromatic heterocycles. The summed E-state index contributed by atoms with van der Waals surface area (Å²) in [6.45, 7) is 4.09. The van der Waals surface area contributed by atoms with Gasteiger partial charge in [0.05, 0.1) is 32.0 Å². The zero-order chi connectivity index (χ0) is 23.0. The maximum Gasteiger partial charge on any atom is 0.330 e. The summed E-state index contributed by atoms with van der Waals surface area (Å²) in [5, 5.41) is 4.66. The van der Waals surface area contributed by atoms with E-state index in [1.807, 2.05) is 60.1 Å². The molecular formula is C20H26N4O6S. The van der Waals surface area contributed by atoms with Crippen LogP contribution in [0.2, 0.25) is 0 Å². The second-order valence-electron chi connectivity index (χ2n) is 6.10. The van der Waals surface area contributed by atoms with Gasteiger partial charge >= 0.3 is 5.82 Å². The number of nitrogen functional groups attached to an aromatic ring is 1. The Balaban J connectivity index is 0.000000423. The van der Waals surface area contributed by atoms with Crippen molar-refractivity contribution >= 4 is 10.4 Å². The van der Waals surface area contributed by atoms with Gasteiger partial charge in [-0.1, -0.05) is 0 Å². The molecule has 0 saturated heterocycles. The zero-order valence-electron chi connectivity index (χ0n) is 17.8. The van der Waals surface area contributed by atoms with Crippen molar-refractivity contribution < 1.29 is 31.3 Å². The predicted molar refractivity (Wildman–Crippen MR) is 114 cm³/mol. The lowest BCUT2D eigenvalue weighted by molar-refractivity contribution is -0.616. The third-order valence-corrected chi connectivity index (χ3v) is 4.70. The van der Waals surface area contributed by atoms with Crippen molar-refractivity contribution in [3.63, 3.8) is 0 Å². The molecule has 3 aromatic rings. The molecule has 0 amide bonds. The normalized spacial score (nSPS) is 10.9. The Morgan fingerprint density at radius 2 is 1.45 bits per heavy atom. The first-order valence-corrected chi connectivity index (χ1v) is 10.7. The Labute approximate surface area is 181 Å². The minimum atomic E-state index is -4.42. The van der Waals surface area contributed by atoms with Crippen LogP contribution in [-0.2, 0) is 21.1 Å². The van der Waals surface area contributed by atoms with Crippen LogP contribution < -0.4 is 20.0 Å². The number of benzene rings is 2. The molecule has 0 radical (unpaired) electrons. The van der Waals surface area contributed by atoms with Gasteiger partial charge in [-0.3, -0.25) is 10.0 Å². The van der Waals surface area contributed by atoms with Gasteiger partial charge in [0.15, 0.2) is 0 Å². The molecule has 0 atom stereocenters. The Morgan fingerprint density at radius 3 is 1.81 bits per heavy atom. The highest BCUT2D eigenvalue weighted by Gasteiger charge is 2.26. The van der Waals surface area contributed by atoms with E-state index < -0.39 is 10.4 Å². The van der Waals surface area contributed by atoms with Crippen LogP contribution in [0.15, 0.2) is 48.5 Å². The Hall–Kier alpha value is -3.15. The molecule has 10 nitrogen and oxygen atoms in total. The molecule has 3 rings (SSSR count). The lowest BCUT2D eigenvalue weighted by Crippen LogP contribution is -2.47. The average Bonchev–Trinajstić information content (AvgIpc) is 3.09. The topological polar surface area (TPSA) is 133 Å². The lowest BCUT2D eigenvalue weighted by atomic mass is 10.2.